The van der Waals surface area contributed by atoms with Crippen molar-refractivity contribution in [1.82, 2.24) is 4.90 Å². The quantitative estimate of drug-likeness (QED) is 0.908. The van der Waals surface area contributed by atoms with E-state index in [1.54, 1.807) is 6.92 Å². The highest BCUT2D eigenvalue weighted by molar-refractivity contribution is 6.33. The van der Waals surface area contributed by atoms with Crippen molar-refractivity contribution in [3.05, 3.63) is 28.8 Å². The van der Waals surface area contributed by atoms with Gasteiger partial charge in [-0.1, -0.05) is 17.7 Å². The van der Waals surface area contributed by atoms with E-state index in [2.05, 4.69) is 22.9 Å². The molecule has 0 bridgehead atoms. The van der Waals surface area contributed by atoms with Gasteiger partial charge in [0.15, 0.2) is 0 Å². The van der Waals surface area contributed by atoms with Crippen LogP contribution in [0.5, 0.6) is 0 Å². The predicted octanol–water partition coefficient (Wildman–Crippen LogP) is 3.31. The minimum Gasteiger partial charge on any atom is -0.389 e. The molecular weight excluding hydrogens is 284 g/mol. The molecule has 2 saturated heterocycles. The molecule has 0 saturated carbocycles. The maximum absolute atomic E-state index is 9.66. The van der Waals surface area contributed by atoms with Gasteiger partial charge < -0.3 is 14.9 Å². The molecule has 116 valence electrons. The maximum Gasteiger partial charge on any atom is 0.0762 e. The second-order valence-corrected chi connectivity index (χ2v) is 6.98. The van der Waals surface area contributed by atoms with Crippen molar-refractivity contribution in [1.29, 1.82) is 0 Å². The number of hydrogen-bond donors (Lipinski definition) is 1. The third kappa shape index (κ3) is 3.05. The lowest BCUT2D eigenvalue weighted by Crippen LogP contribution is -2.52. The number of halogens is 1. The Labute approximate surface area is 132 Å². The summed E-state index contributed by atoms with van der Waals surface area (Å²) in [7, 11) is 2.26. The van der Waals surface area contributed by atoms with Crippen molar-refractivity contribution < 1.29 is 5.11 Å². The van der Waals surface area contributed by atoms with Gasteiger partial charge in [-0.25, -0.2) is 0 Å². The van der Waals surface area contributed by atoms with Crippen LogP contribution in [0, 0.1) is 5.92 Å². The van der Waals surface area contributed by atoms with E-state index in [0.29, 0.717) is 0 Å². The molecule has 2 fully saturated rings. The highest BCUT2D eigenvalue weighted by Crippen LogP contribution is 2.35. The average Bonchev–Trinajstić information content (AvgIpc) is 2.47. The zero-order chi connectivity index (χ0) is 15.0. The number of nitrogens with zero attached hydrogens (tertiary/aromatic N) is 2. The molecule has 0 radical (unpaired) electrons. The molecule has 21 heavy (non-hydrogen) atoms. The Bertz CT molecular complexity index is 506. The predicted molar refractivity (Wildman–Crippen MR) is 88.1 cm³/mol. The summed E-state index contributed by atoms with van der Waals surface area (Å²) in [5, 5.41) is 10.4. The molecule has 3 nitrogen and oxygen atoms in total. The van der Waals surface area contributed by atoms with Crippen LogP contribution < -0.4 is 4.90 Å². The molecule has 0 aliphatic carbocycles. The SMILES string of the molecule is C[C@@H](O)c1ccc(N2CCC3C(CCCN3C)C2)c(Cl)c1. The lowest BCUT2D eigenvalue weighted by molar-refractivity contribution is 0.102. The van der Waals surface area contributed by atoms with Gasteiger partial charge in [0, 0.05) is 19.1 Å². The zero-order valence-electron chi connectivity index (χ0n) is 12.9. The van der Waals surface area contributed by atoms with Crippen LogP contribution in [0.2, 0.25) is 5.02 Å². The van der Waals surface area contributed by atoms with E-state index in [9.17, 15) is 5.11 Å². The van der Waals surface area contributed by atoms with Gasteiger partial charge in [-0.05, 0) is 63.4 Å². The molecule has 0 amide bonds. The van der Waals surface area contributed by atoms with E-state index in [1.807, 2.05) is 12.1 Å². The Morgan fingerprint density at radius 3 is 2.81 bits per heavy atom. The standard InChI is InChI=1S/C17H25ClN2O/c1-12(21)13-5-6-17(15(18)10-13)20-9-7-16-14(11-20)4-3-8-19(16)2/h5-6,10,12,14,16,21H,3-4,7-9,11H2,1-2H3/t12-,14?,16?/m1/s1. The van der Waals surface area contributed by atoms with Crippen LogP contribution in [0.4, 0.5) is 5.69 Å². The van der Waals surface area contributed by atoms with E-state index in [-0.39, 0.29) is 0 Å². The number of aliphatic hydroxyl groups excluding tert-OH is 1. The Morgan fingerprint density at radius 1 is 1.29 bits per heavy atom. The van der Waals surface area contributed by atoms with Crippen molar-refractivity contribution in [2.45, 2.75) is 38.3 Å². The first kappa shape index (κ1) is 15.1. The fraction of sp³-hybridized carbons (Fsp3) is 0.647. The first-order chi connectivity index (χ1) is 10.1. The average molecular weight is 309 g/mol. The van der Waals surface area contributed by atoms with Crippen LogP contribution in [0.1, 0.15) is 37.9 Å². The zero-order valence-corrected chi connectivity index (χ0v) is 13.7. The summed E-state index contributed by atoms with van der Waals surface area (Å²) in [5.41, 5.74) is 2.00. The Balaban J connectivity index is 1.76. The van der Waals surface area contributed by atoms with Crippen LogP contribution in [-0.4, -0.2) is 42.7 Å². The number of hydrogen-bond acceptors (Lipinski definition) is 3. The third-order valence-corrected chi connectivity index (χ3v) is 5.44. The summed E-state index contributed by atoms with van der Waals surface area (Å²) in [6.07, 6.45) is 3.39. The maximum atomic E-state index is 9.66. The van der Waals surface area contributed by atoms with E-state index in [0.717, 1.165) is 41.3 Å². The molecule has 0 aromatic heterocycles. The number of fused-ring (bicyclic) bond motifs is 1. The van der Waals surface area contributed by atoms with E-state index < -0.39 is 6.10 Å². The van der Waals surface area contributed by atoms with Gasteiger partial charge in [-0.3, -0.25) is 0 Å². The largest absolute Gasteiger partial charge is 0.389 e. The monoisotopic (exact) mass is 308 g/mol. The summed E-state index contributed by atoms with van der Waals surface area (Å²) in [6, 6.07) is 6.70. The smallest absolute Gasteiger partial charge is 0.0762 e. The number of piperidine rings is 2. The normalized spacial score (nSPS) is 28.3. The second-order valence-electron chi connectivity index (χ2n) is 6.57. The summed E-state index contributed by atoms with van der Waals surface area (Å²) in [6.45, 7) is 5.18. The molecule has 1 aromatic carbocycles. The lowest BCUT2D eigenvalue weighted by atomic mass is 9.84. The van der Waals surface area contributed by atoms with Gasteiger partial charge in [0.05, 0.1) is 16.8 Å². The van der Waals surface area contributed by atoms with Crippen molar-refractivity contribution in [2.24, 2.45) is 5.92 Å². The van der Waals surface area contributed by atoms with E-state index in [1.165, 1.54) is 25.8 Å². The van der Waals surface area contributed by atoms with E-state index in [4.69, 9.17) is 11.6 Å². The number of rotatable bonds is 2. The van der Waals surface area contributed by atoms with Gasteiger partial charge in [-0.15, -0.1) is 0 Å². The minimum atomic E-state index is -0.464. The fourth-order valence-electron chi connectivity index (χ4n) is 3.91. The highest BCUT2D eigenvalue weighted by Gasteiger charge is 2.34. The fourth-order valence-corrected chi connectivity index (χ4v) is 4.22. The van der Waals surface area contributed by atoms with Crippen molar-refractivity contribution in [2.75, 3.05) is 31.6 Å². The highest BCUT2D eigenvalue weighted by atomic mass is 35.5. The Kier molecular flexibility index (Phi) is 4.43. The Hall–Kier alpha value is -0.770. The van der Waals surface area contributed by atoms with Gasteiger partial charge in [0.2, 0.25) is 0 Å². The molecule has 1 aromatic rings. The number of aliphatic hydroxyl groups is 1. The van der Waals surface area contributed by atoms with Gasteiger partial charge in [0.1, 0.15) is 0 Å². The first-order valence-electron chi connectivity index (χ1n) is 7.99. The van der Waals surface area contributed by atoms with Crippen LogP contribution in [-0.2, 0) is 0 Å². The number of anilines is 1. The second kappa shape index (κ2) is 6.15. The number of likely N-dealkylation sites (tertiary alicyclic amines) is 1. The van der Waals surface area contributed by atoms with E-state index >= 15 is 0 Å². The molecule has 2 aliphatic heterocycles. The van der Waals surface area contributed by atoms with Crippen LogP contribution in [0.15, 0.2) is 18.2 Å². The van der Waals surface area contributed by atoms with Crippen LogP contribution >= 0.6 is 11.6 Å². The summed E-state index contributed by atoms with van der Waals surface area (Å²) in [4.78, 5) is 4.96. The molecule has 0 spiro atoms. The van der Waals surface area contributed by atoms with Crippen LogP contribution in [0.25, 0.3) is 0 Å². The molecule has 3 atom stereocenters. The van der Waals surface area contributed by atoms with Gasteiger partial charge in [-0.2, -0.15) is 0 Å². The molecular formula is C17H25ClN2O. The van der Waals surface area contributed by atoms with Crippen molar-refractivity contribution in [3.8, 4) is 0 Å². The van der Waals surface area contributed by atoms with Crippen LogP contribution in [0.3, 0.4) is 0 Å². The molecule has 2 unspecified atom stereocenters. The summed E-state index contributed by atoms with van der Waals surface area (Å²) < 4.78 is 0. The molecule has 3 rings (SSSR count). The first-order valence-corrected chi connectivity index (χ1v) is 8.36. The third-order valence-electron chi connectivity index (χ3n) is 5.14. The number of benzene rings is 1. The minimum absolute atomic E-state index is 0.464. The summed E-state index contributed by atoms with van der Waals surface area (Å²) in [5.74, 6) is 0.755. The van der Waals surface area contributed by atoms with Gasteiger partial charge >= 0.3 is 0 Å². The molecule has 2 heterocycles. The van der Waals surface area contributed by atoms with Crippen molar-refractivity contribution in [3.63, 3.8) is 0 Å². The molecule has 4 heteroatoms. The topological polar surface area (TPSA) is 26.7 Å². The lowest BCUT2D eigenvalue weighted by Gasteiger charge is -2.46. The molecule has 1 N–H and O–H groups in total. The molecule has 2 aliphatic rings. The van der Waals surface area contributed by atoms with Gasteiger partial charge in [0.25, 0.3) is 0 Å². The van der Waals surface area contributed by atoms with Crippen molar-refractivity contribution >= 4 is 17.3 Å². The summed E-state index contributed by atoms with van der Waals surface area (Å²) >= 11 is 6.45. The Morgan fingerprint density at radius 2 is 2.10 bits per heavy atom.